The first-order valence-electron chi connectivity index (χ1n) is 5.86. The Morgan fingerprint density at radius 2 is 2.00 bits per heavy atom. The molecule has 0 heterocycles. The summed E-state index contributed by atoms with van der Waals surface area (Å²) in [6.07, 6.45) is 2.50. The average molecular weight is 236 g/mol. The molecule has 2 rings (SSSR count). The summed E-state index contributed by atoms with van der Waals surface area (Å²) in [6.45, 7) is 1.87. The van der Waals surface area contributed by atoms with Gasteiger partial charge < -0.3 is 11.1 Å². The molecule has 0 bridgehead atoms. The van der Waals surface area contributed by atoms with E-state index in [4.69, 9.17) is 5.73 Å². The van der Waals surface area contributed by atoms with E-state index in [1.807, 2.05) is 6.92 Å². The van der Waals surface area contributed by atoms with E-state index in [1.165, 1.54) is 12.1 Å². The lowest BCUT2D eigenvalue weighted by atomic mass is 9.77. The molecule has 1 aromatic carbocycles. The minimum Gasteiger partial charge on any atom is -0.348 e. The second-order valence-electron chi connectivity index (χ2n) is 4.76. The maximum atomic E-state index is 12.8. The maximum absolute atomic E-state index is 12.8. The van der Waals surface area contributed by atoms with Gasteiger partial charge in [-0.05, 0) is 43.9 Å². The van der Waals surface area contributed by atoms with E-state index in [9.17, 15) is 9.18 Å². The highest BCUT2D eigenvalue weighted by molar-refractivity contribution is 5.87. The van der Waals surface area contributed by atoms with E-state index in [0.717, 1.165) is 24.8 Å². The molecule has 0 aliphatic heterocycles. The van der Waals surface area contributed by atoms with Crippen LogP contribution < -0.4 is 11.1 Å². The zero-order valence-electron chi connectivity index (χ0n) is 9.87. The Labute approximate surface area is 100 Å². The lowest BCUT2D eigenvalue weighted by Crippen LogP contribution is -2.58. The Morgan fingerprint density at radius 3 is 2.47 bits per heavy atom. The third-order valence-electron chi connectivity index (χ3n) is 3.42. The number of amides is 1. The average Bonchev–Trinajstić information content (AvgIpc) is 2.26. The summed E-state index contributed by atoms with van der Waals surface area (Å²) < 4.78 is 12.8. The quantitative estimate of drug-likeness (QED) is 0.842. The molecule has 92 valence electrons. The Kier molecular flexibility index (Phi) is 3.15. The van der Waals surface area contributed by atoms with Crippen molar-refractivity contribution in [3.63, 3.8) is 0 Å². The first kappa shape index (κ1) is 12.0. The fourth-order valence-electron chi connectivity index (χ4n) is 1.96. The number of hydrogen-bond donors (Lipinski definition) is 2. The van der Waals surface area contributed by atoms with Gasteiger partial charge in [-0.15, -0.1) is 0 Å². The molecule has 1 atom stereocenters. The van der Waals surface area contributed by atoms with Gasteiger partial charge in [0, 0.05) is 0 Å². The maximum Gasteiger partial charge on any atom is 0.240 e. The molecule has 1 aliphatic rings. The number of halogens is 1. The standard InChI is InChI=1S/C13H17FN2O/c1-9(10-3-5-11(14)6-4-10)16-12(17)13(15)7-2-8-13/h3-6,9H,2,7-8,15H2,1H3,(H,16,17)/t9-/m1/s1. The van der Waals surface area contributed by atoms with Crippen LogP contribution in [0.15, 0.2) is 24.3 Å². The molecule has 0 spiro atoms. The third kappa shape index (κ3) is 2.47. The van der Waals surface area contributed by atoms with Crippen molar-refractivity contribution >= 4 is 5.91 Å². The Bertz CT molecular complexity index is 412. The molecule has 1 aliphatic carbocycles. The third-order valence-corrected chi connectivity index (χ3v) is 3.42. The second kappa shape index (κ2) is 4.45. The van der Waals surface area contributed by atoms with E-state index >= 15 is 0 Å². The first-order valence-corrected chi connectivity index (χ1v) is 5.86. The lowest BCUT2D eigenvalue weighted by Gasteiger charge is -2.37. The Hall–Kier alpha value is -1.42. The van der Waals surface area contributed by atoms with Crippen molar-refractivity contribution < 1.29 is 9.18 Å². The zero-order valence-corrected chi connectivity index (χ0v) is 9.87. The fourth-order valence-corrected chi connectivity index (χ4v) is 1.96. The van der Waals surface area contributed by atoms with Crippen LogP contribution in [-0.4, -0.2) is 11.4 Å². The van der Waals surface area contributed by atoms with Gasteiger partial charge >= 0.3 is 0 Å². The number of nitrogens with one attached hydrogen (secondary N) is 1. The van der Waals surface area contributed by atoms with Crippen LogP contribution in [0.5, 0.6) is 0 Å². The summed E-state index contributed by atoms with van der Waals surface area (Å²) >= 11 is 0. The van der Waals surface area contributed by atoms with Gasteiger partial charge in [0.2, 0.25) is 5.91 Å². The van der Waals surface area contributed by atoms with Crippen LogP contribution in [0.1, 0.15) is 37.8 Å². The molecule has 1 amide bonds. The number of rotatable bonds is 3. The van der Waals surface area contributed by atoms with Gasteiger partial charge in [-0.25, -0.2) is 4.39 Å². The van der Waals surface area contributed by atoms with Gasteiger partial charge in [0.05, 0.1) is 11.6 Å². The fraction of sp³-hybridized carbons (Fsp3) is 0.462. The van der Waals surface area contributed by atoms with Crippen LogP contribution in [0.4, 0.5) is 4.39 Å². The molecule has 3 N–H and O–H groups in total. The van der Waals surface area contributed by atoms with Gasteiger partial charge in [0.15, 0.2) is 0 Å². The molecule has 4 heteroatoms. The number of benzene rings is 1. The molecular formula is C13H17FN2O. The van der Waals surface area contributed by atoms with Gasteiger partial charge in [-0.2, -0.15) is 0 Å². The van der Waals surface area contributed by atoms with Crippen LogP contribution in [0, 0.1) is 5.82 Å². The SMILES string of the molecule is C[C@@H](NC(=O)C1(N)CCC1)c1ccc(F)cc1. The first-order chi connectivity index (χ1) is 8.01. The number of nitrogens with two attached hydrogens (primary N) is 1. The number of carbonyl (C=O) groups is 1. The summed E-state index contributed by atoms with van der Waals surface area (Å²) in [5, 5.41) is 2.87. The minimum absolute atomic E-state index is 0.111. The highest BCUT2D eigenvalue weighted by Gasteiger charge is 2.40. The van der Waals surface area contributed by atoms with Crippen LogP contribution in [0.2, 0.25) is 0 Å². The molecule has 1 saturated carbocycles. The van der Waals surface area contributed by atoms with Gasteiger partial charge in [-0.1, -0.05) is 12.1 Å². The van der Waals surface area contributed by atoms with Crippen molar-refractivity contribution in [2.24, 2.45) is 5.73 Å². The van der Waals surface area contributed by atoms with Crippen molar-refractivity contribution in [2.45, 2.75) is 37.8 Å². The Balaban J connectivity index is 1.99. The summed E-state index contributed by atoms with van der Waals surface area (Å²) in [5.41, 5.74) is 6.12. The molecule has 0 aromatic heterocycles. The van der Waals surface area contributed by atoms with Crippen molar-refractivity contribution in [3.8, 4) is 0 Å². The highest BCUT2D eigenvalue weighted by Crippen LogP contribution is 2.29. The van der Waals surface area contributed by atoms with E-state index in [1.54, 1.807) is 12.1 Å². The van der Waals surface area contributed by atoms with E-state index in [-0.39, 0.29) is 17.8 Å². The molecule has 0 radical (unpaired) electrons. The van der Waals surface area contributed by atoms with Crippen molar-refractivity contribution in [1.82, 2.24) is 5.32 Å². The molecule has 1 fully saturated rings. The summed E-state index contributed by atoms with van der Waals surface area (Å²) in [5.74, 6) is -0.387. The van der Waals surface area contributed by atoms with Crippen LogP contribution >= 0.6 is 0 Å². The number of carbonyl (C=O) groups excluding carboxylic acids is 1. The lowest BCUT2D eigenvalue weighted by molar-refractivity contribution is -0.129. The molecular weight excluding hydrogens is 219 g/mol. The second-order valence-corrected chi connectivity index (χ2v) is 4.76. The summed E-state index contributed by atoms with van der Waals surface area (Å²) in [7, 11) is 0. The largest absolute Gasteiger partial charge is 0.348 e. The summed E-state index contributed by atoms with van der Waals surface area (Å²) in [6, 6.07) is 5.97. The Morgan fingerprint density at radius 1 is 1.41 bits per heavy atom. The van der Waals surface area contributed by atoms with E-state index in [0.29, 0.717) is 0 Å². The predicted molar refractivity (Wildman–Crippen MR) is 63.7 cm³/mol. The van der Waals surface area contributed by atoms with Crippen LogP contribution in [0.3, 0.4) is 0 Å². The zero-order chi connectivity index (χ0) is 12.5. The highest BCUT2D eigenvalue weighted by atomic mass is 19.1. The van der Waals surface area contributed by atoms with E-state index in [2.05, 4.69) is 5.32 Å². The van der Waals surface area contributed by atoms with Crippen molar-refractivity contribution in [2.75, 3.05) is 0 Å². The monoisotopic (exact) mass is 236 g/mol. The summed E-state index contributed by atoms with van der Waals surface area (Å²) in [4.78, 5) is 11.9. The van der Waals surface area contributed by atoms with Crippen molar-refractivity contribution in [1.29, 1.82) is 0 Å². The smallest absolute Gasteiger partial charge is 0.240 e. The molecule has 0 unspecified atom stereocenters. The van der Waals surface area contributed by atoms with Gasteiger partial charge in [0.1, 0.15) is 5.82 Å². The molecule has 3 nitrogen and oxygen atoms in total. The number of hydrogen-bond acceptors (Lipinski definition) is 2. The molecule has 1 aromatic rings. The molecule has 17 heavy (non-hydrogen) atoms. The van der Waals surface area contributed by atoms with E-state index < -0.39 is 5.54 Å². The van der Waals surface area contributed by atoms with Crippen molar-refractivity contribution in [3.05, 3.63) is 35.6 Å². The van der Waals surface area contributed by atoms with Gasteiger partial charge in [0.25, 0.3) is 0 Å². The van der Waals surface area contributed by atoms with Gasteiger partial charge in [-0.3, -0.25) is 4.79 Å². The van der Waals surface area contributed by atoms with Crippen LogP contribution in [-0.2, 0) is 4.79 Å². The normalized spacial score (nSPS) is 19.2. The minimum atomic E-state index is -0.686. The van der Waals surface area contributed by atoms with Crippen LogP contribution in [0.25, 0.3) is 0 Å². The predicted octanol–water partition coefficient (Wildman–Crippen LogP) is 1.88. The molecule has 0 saturated heterocycles. The topological polar surface area (TPSA) is 55.1 Å².